The summed E-state index contributed by atoms with van der Waals surface area (Å²) in [4.78, 5) is 20.3. The lowest BCUT2D eigenvalue weighted by Crippen LogP contribution is -2.37. The zero-order valence-corrected chi connectivity index (χ0v) is 13.0. The van der Waals surface area contributed by atoms with Crippen molar-refractivity contribution in [1.29, 1.82) is 0 Å². The maximum absolute atomic E-state index is 12.6. The molecule has 8 nitrogen and oxygen atoms in total. The van der Waals surface area contributed by atoms with E-state index in [1.54, 1.807) is 0 Å². The van der Waals surface area contributed by atoms with Gasteiger partial charge in [0.1, 0.15) is 12.5 Å². The molecular weight excluding hydrogens is 355 g/mol. The monoisotopic (exact) mass is 367 g/mol. The van der Waals surface area contributed by atoms with Crippen LogP contribution in [0, 0.1) is 0 Å². The van der Waals surface area contributed by atoms with Gasteiger partial charge in [0.05, 0.1) is 11.8 Å². The van der Waals surface area contributed by atoms with E-state index in [1.807, 2.05) is 0 Å². The number of amidine groups is 1. The predicted octanol–water partition coefficient (Wildman–Crippen LogP) is 3.06. The minimum Gasteiger partial charge on any atom is -0.423 e. The second-order valence-corrected chi connectivity index (χ2v) is 5.12. The summed E-state index contributed by atoms with van der Waals surface area (Å²) in [6, 6.07) is 3.85. The van der Waals surface area contributed by atoms with E-state index < -0.39 is 17.8 Å². The summed E-state index contributed by atoms with van der Waals surface area (Å²) in [6.07, 6.45) is -0.191. The molecule has 0 fully saturated rings. The fourth-order valence-electron chi connectivity index (χ4n) is 2.09. The second kappa shape index (κ2) is 6.88. The molecule has 2 aromatic rings. The smallest absolute Gasteiger partial charge is 0.416 e. The molecule has 0 radical (unpaired) electrons. The number of halogens is 3. The number of aliphatic imine (C=N–C) groups is 1. The molecule has 1 aliphatic rings. The second-order valence-electron chi connectivity index (χ2n) is 5.12. The first kappa shape index (κ1) is 17.5. The molecule has 3 N–H and O–H groups in total. The Hall–Kier alpha value is -3.34. The quantitative estimate of drug-likeness (QED) is 0.559. The number of hydrogen-bond donors (Lipinski definition) is 3. The van der Waals surface area contributed by atoms with Crippen molar-refractivity contribution in [1.82, 2.24) is 15.4 Å². The first-order chi connectivity index (χ1) is 12.4. The number of rotatable bonds is 2. The van der Waals surface area contributed by atoms with Gasteiger partial charge in [-0.15, -0.1) is 0 Å². The maximum Gasteiger partial charge on any atom is 0.416 e. The number of carbonyl (C=O) groups is 1. The van der Waals surface area contributed by atoms with Crippen LogP contribution in [0.15, 0.2) is 52.1 Å². The van der Waals surface area contributed by atoms with E-state index in [4.69, 9.17) is 9.62 Å². The van der Waals surface area contributed by atoms with Gasteiger partial charge < -0.3 is 4.42 Å². The number of nitrogens with zero attached hydrogens (tertiary/aromatic N) is 3. The number of amides is 2. The minimum atomic E-state index is -4.40. The third-order valence-electron chi connectivity index (χ3n) is 3.40. The third kappa shape index (κ3) is 3.83. The van der Waals surface area contributed by atoms with Crippen molar-refractivity contribution in [2.24, 2.45) is 4.99 Å². The molecule has 11 heteroatoms. The van der Waals surface area contributed by atoms with Crippen molar-refractivity contribution in [2.45, 2.75) is 6.18 Å². The molecule has 0 saturated carbocycles. The van der Waals surface area contributed by atoms with Gasteiger partial charge >= 0.3 is 18.2 Å². The van der Waals surface area contributed by atoms with E-state index >= 15 is 0 Å². The van der Waals surface area contributed by atoms with Crippen molar-refractivity contribution in [3.63, 3.8) is 0 Å². The van der Waals surface area contributed by atoms with Crippen LogP contribution in [0.25, 0.3) is 11.3 Å². The number of oxazole rings is 1. The first-order valence-electron chi connectivity index (χ1n) is 7.20. The number of urea groups is 1. The number of hydrogen-bond acceptors (Lipinski definition) is 6. The minimum absolute atomic E-state index is 0.0301. The van der Waals surface area contributed by atoms with Gasteiger partial charge in [-0.2, -0.15) is 13.2 Å². The Morgan fingerprint density at radius 1 is 1.27 bits per heavy atom. The van der Waals surface area contributed by atoms with Gasteiger partial charge in [-0.1, -0.05) is 12.1 Å². The van der Waals surface area contributed by atoms with E-state index in [9.17, 15) is 18.0 Å². The zero-order chi connectivity index (χ0) is 18.7. The molecule has 0 saturated heterocycles. The van der Waals surface area contributed by atoms with Gasteiger partial charge in [0.15, 0.2) is 5.76 Å². The van der Waals surface area contributed by atoms with Crippen LogP contribution in [-0.4, -0.2) is 33.6 Å². The maximum atomic E-state index is 12.6. The highest BCUT2D eigenvalue weighted by Gasteiger charge is 2.30. The van der Waals surface area contributed by atoms with Crippen molar-refractivity contribution in [2.75, 3.05) is 12.0 Å². The van der Waals surface area contributed by atoms with Crippen LogP contribution in [0.1, 0.15) is 5.56 Å². The van der Waals surface area contributed by atoms with Gasteiger partial charge in [-0.3, -0.25) is 15.4 Å². The van der Waals surface area contributed by atoms with E-state index in [2.05, 4.69) is 15.3 Å². The Bertz CT molecular complexity index is 858. The van der Waals surface area contributed by atoms with Crippen LogP contribution >= 0.6 is 0 Å². The number of hydroxylamine groups is 1. The summed E-state index contributed by atoms with van der Waals surface area (Å²) in [7, 11) is 0. The lowest BCUT2D eigenvalue weighted by Gasteiger charge is -2.18. The third-order valence-corrected chi connectivity index (χ3v) is 3.40. The zero-order valence-electron chi connectivity index (χ0n) is 13.0. The molecule has 1 aromatic carbocycles. The highest BCUT2D eigenvalue weighted by molar-refractivity contribution is 6.03. The number of carbonyl (C=O) groups excluding carboxylic acids is 1. The average Bonchev–Trinajstić information content (AvgIpc) is 3.09. The molecule has 136 valence electrons. The first-order valence-corrected chi connectivity index (χ1v) is 7.20. The summed E-state index contributed by atoms with van der Waals surface area (Å²) in [6.45, 7) is -0.0301. The normalized spacial score (nSPS) is 14.2. The summed E-state index contributed by atoms with van der Waals surface area (Å²) >= 11 is 0. The fraction of sp³-hybridized carbons (Fsp3) is 0.133. The van der Waals surface area contributed by atoms with E-state index in [0.717, 1.165) is 17.0 Å². The number of nitrogens with one attached hydrogen (secondary N) is 2. The number of anilines is 1. The van der Waals surface area contributed by atoms with E-state index in [-0.39, 0.29) is 18.4 Å². The lowest BCUT2D eigenvalue weighted by atomic mass is 10.1. The van der Waals surface area contributed by atoms with Gasteiger partial charge in [-0.25, -0.2) is 20.3 Å². The summed E-state index contributed by atoms with van der Waals surface area (Å²) in [5.41, 5.74) is 1.16. The summed E-state index contributed by atoms with van der Waals surface area (Å²) in [5, 5.41) is 11.3. The van der Waals surface area contributed by atoms with Crippen molar-refractivity contribution >= 4 is 17.9 Å². The summed E-state index contributed by atoms with van der Waals surface area (Å²) < 4.78 is 43.2. The molecule has 26 heavy (non-hydrogen) atoms. The van der Waals surface area contributed by atoms with Crippen molar-refractivity contribution in [3.8, 4) is 11.3 Å². The Balaban J connectivity index is 1.67. The Labute approximate surface area is 144 Å². The average molecular weight is 367 g/mol. The highest BCUT2D eigenvalue weighted by Crippen LogP contribution is 2.31. The molecule has 1 aliphatic heterocycles. The molecule has 1 aromatic heterocycles. The lowest BCUT2D eigenvalue weighted by molar-refractivity contribution is -0.137. The van der Waals surface area contributed by atoms with E-state index in [1.165, 1.54) is 36.1 Å². The topological polar surface area (TPSA) is 103 Å². The Morgan fingerprint density at radius 3 is 2.58 bits per heavy atom. The highest BCUT2D eigenvalue weighted by atomic mass is 19.4. The Morgan fingerprint density at radius 2 is 2.00 bits per heavy atom. The molecule has 3 rings (SSSR count). The van der Waals surface area contributed by atoms with Crippen molar-refractivity contribution in [3.05, 3.63) is 48.3 Å². The number of alkyl halides is 3. The van der Waals surface area contributed by atoms with Crippen LogP contribution in [0.3, 0.4) is 0 Å². The summed E-state index contributed by atoms with van der Waals surface area (Å²) in [5.74, 6) is 0.635. The molecule has 2 amide bonds. The SMILES string of the molecule is O=C(NO)N1C=CC(Nc2ncc(-c3ccc(C(F)(F)F)cc3)o2)=NC1. The van der Waals surface area contributed by atoms with Crippen molar-refractivity contribution < 1.29 is 27.6 Å². The number of benzene rings is 1. The molecule has 0 spiro atoms. The van der Waals surface area contributed by atoms with Gasteiger partial charge in [0.25, 0.3) is 0 Å². The van der Waals surface area contributed by atoms with Crippen LogP contribution in [0.5, 0.6) is 0 Å². The van der Waals surface area contributed by atoms with Crippen LogP contribution in [0.2, 0.25) is 0 Å². The standard InChI is InChI=1S/C15H12F3N5O3/c16-15(17,18)10-3-1-9(2-4-10)11-7-19-13(26-11)21-12-5-6-23(8-20-12)14(24)22-25/h1-7,25H,8H2,(H,22,24)(H,19,20,21). The number of aromatic nitrogens is 1. The van der Waals surface area contributed by atoms with Gasteiger partial charge in [0.2, 0.25) is 0 Å². The Kier molecular flexibility index (Phi) is 4.63. The van der Waals surface area contributed by atoms with Crippen LogP contribution in [-0.2, 0) is 6.18 Å². The van der Waals surface area contributed by atoms with Crippen LogP contribution in [0.4, 0.5) is 24.0 Å². The largest absolute Gasteiger partial charge is 0.423 e. The molecule has 0 atom stereocenters. The molecule has 0 unspecified atom stereocenters. The van der Waals surface area contributed by atoms with E-state index in [0.29, 0.717) is 11.4 Å². The van der Waals surface area contributed by atoms with Gasteiger partial charge in [-0.05, 0) is 18.2 Å². The molecule has 2 heterocycles. The fourth-order valence-corrected chi connectivity index (χ4v) is 2.09. The molecule has 0 bridgehead atoms. The molecule has 0 aliphatic carbocycles. The molecular formula is C15H12F3N5O3. The van der Waals surface area contributed by atoms with Crippen LogP contribution < -0.4 is 10.8 Å². The van der Waals surface area contributed by atoms with Gasteiger partial charge in [0, 0.05) is 11.8 Å². The predicted molar refractivity (Wildman–Crippen MR) is 84.2 cm³/mol.